The lowest BCUT2D eigenvalue weighted by Gasteiger charge is -2.30. The molecule has 0 aliphatic carbocycles. The van der Waals surface area contributed by atoms with Crippen molar-refractivity contribution in [1.29, 1.82) is 0 Å². The molecule has 1 aliphatic heterocycles. The number of hydrogen-bond acceptors (Lipinski definition) is 5. The second-order valence-electron chi connectivity index (χ2n) is 6.64. The second-order valence-corrected chi connectivity index (χ2v) is 8.33. The molecule has 4 rings (SSSR count). The minimum Gasteiger partial charge on any atom is -0.310 e. The number of carbonyl (C=O) groups is 1. The number of halogens is 1. The van der Waals surface area contributed by atoms with E-state index in [1.807, 2.05) is 23.0 Å². The molecule has 140 valence electrons. The van der Waals surface area contributed by atoms with E-state index in [0.29, 0.717) is 5.82 Å². The number of thiophene rings is 1. The average molecular weight is 446 g/mol. The number of pyridine rings is 1. The molecule has 1 saturated heterocycles. The van der Waals surface area contributed by atoms with Gasteiger partial charge in [-0.15, -0.1) is 0 Å². The second kappa shape index (κ2) is 8.33. The van der Waals surface area contributed by atoms with Crippen molar-refractivity contribution in [1.82, 2.24) is 19.7 Å². The number of nitrogens with zero attached hydrogens (tertiary/aromatic N) is 4. The van der Waals surface area contributed by atoms with Gasteiger partial charge in [0.25, 0.3) is 0 Å². The molecule has 3 aromatic rings. The number of anilines is 1. The molecule has 0 bridgehead atoms. The van der Waals surface area contributed by atoms with Crippen molar-refractivity contribution in [3.63, 3.8) is 0 Å². The summed E-state index contributed by atoms with van der Waals surface area (Å²) in [7, 11) is 0. The van der Waals surface area contributed by atoms with E-state index in [1.54, 1.807) is 23.6 Å². The Labute approximate surface area is 170 Å². The topological polar surface area (TPSA) is 63.1 Å². The summed E-state index contributed by atoms with van der Waals surface area (Å²) >= 11 is 5.03. The van der Waals surface area contributed by atoms with Crippen LogP contribution in [0.15, 0.2) is 51.9 Å². The zero-order valence-corrected chi connectivity index (χ0v) is 17.1. The molecule has 1 amide bonds. The molecule has 27 heavy (non-hydrogen) atoms. The fourth-order valence-electron chi connectivity index (χ4n) is 3.22. The van der Waals surface area contributed by atoms with E-state index in [1.165, 1.54) is 0 Å². The van der Waals surface area contributed by atoms with Crippen molar-refractivity contribution in [3.8, 4) is 11.3 Å². The van der Waals surface area contributed by atoms with Gasteiger partial charge < -0.3 is 5.32 Å². The molecule has 0 radical (unpaired) electrons. The Morgan fingerprint density at radius 2 is 2.11 bits per heavy atom. The van der Waals surface area contributed by atoms with Crippen molar-refractivity contribution >= 4 is 39.0 Å². The SMILES string of the molecule is O=C(Nc1ccc(Br)cn1)C1CCN(Cn2ccc(-c3ccsc3)n2)CC1. The summed E-state index contributed by atoms with van der Waals surface area (Å²) in [5, 5.41) is 11.7. The summed E-state index contributed by atoms with van der Waals surface area (Å²) < 4.78 is 2.87. The maximum atomic E-state index is 12.5. The average Bonchev–Trinajstić information content (AvgIpc) is 3.36. The first-order valence-electron chi connectivity index (χ1n) is 8.88. The van der Waals surface area contributed by atoms with Gasteiger partial charge in [-0.2, -0.15) is 16.4 Å². The van der Waals surface area contributed by atoms with Crippen LogP contribution in [0.1, 0.15) is 12.8 Å². The van der Waals surface area contributed by atoms with Crippen LogP contribution in [0.25, 0.3) is 11.3 Å². The number of amides is 1. The summed E-state index contributed by atoms with van der Waals surface area (Å²) in [6.07, 6.45) is 5.40. The Hall–Kier alpha value is -2.03. The highest BCUT2D eigenvalue weighted by atomic mass is 79.9. The van der Waals surface area contributed by atoms with Crippen LogP contribution in [0, 0.1) is 5.92 Å². The van der Waals surface area contributed by atoms with Crippen LogP contribution in [-0.2, 0) is 11.5 Å². The van der Waals surface area contributed by atoms with Crippen LogP contribution < -0.4 is 5.32 Å². The highest BCUT2D eigenvalue weighted by Crippen LogP contribution is 2.22. The molecule has 0 saturated carbocycles. The molecule has 6 nitrogen and oxygen atoms in total. The number of nitrogens with one attached hydrogen (secondary N) is 1. The van der Waals surface area contributed by atoms with Crippen LogP contribution in [-0.4, -0.2) is 38.7 Å². The Kier molecular flexibility index (Phi) is 5.66. The van der Waals surface area contributed by atoms with Gasteiger partial charge in [0.1, 0.15) is 5.82 Å². The van der Waals surface area contributed by atoms with Crippen molar-refractivity contribution in [2.24, 2.45) is 5.92 Å². The fourth-order valence-corrected chi connectivity index (χ4v) is 4.11. The Bertz CT molecular complexity index is 885. The smallest absolute Gasteiger partial charge is 0.228 e. The maximum absolute atomic E-state index is 12.5. The number of likely N-dealkylation sites (tertiary alicyclic amines) is 1. The van der Waals surface area contributed by atoms with Crippen LogP contribution in [0.5, 0.6) is 0 Å². The first-order chi connectivity index (χ1) is 13.2. The van der Waals surface area contributed by atoms with Gasteiger partial charge >= 0.3 is 0 Å². The maximum Gasteiger partial charge on any atom is 0.228 e. The molecule has 1 N–H and O–H groups in total. The number of hydrogen-bond donors (Lipinski definition) is 1. The molecule has 4 heterocycles. The van der Waals surface area contributed by atoms with Gasteiger partial charge in [-0.1, -0.05) is 0 Å². The van der Waals surface area contributed by atoms with E-state index in [2.05, 4.69) is 53.1 Å². The minimum atomic E-state index is 0.0330. The van der Waals surface area contributed by atoms with E-state index in [0.717, 1.165) is 48.3 Å². The Morgan fingerprint density at radius 1 is 1.26 bits per heavy atom. The van der Waals surface area contributed by atoms with E-state index in [-0.39, 0.29) is 11.8 Å². The number of carbonyl (C=O) groups excluding carboxylic acids is 1. The van der Waals surface area contributed by atoms with Gasteiger partial charge in [-0.05, 0) is 58.4 Å². The van der Waals surface area contributed by atoms with Crippen molar-refractivity contribution in [2.45, 2.75) is 19.5 Å². The van der Waals surface area contributed by atoms with Crippen LogP contribution in [0.3, 0.4) is 0 Å². The molecule has 0 aromatic carbocycles. The number of rotatable bonds is 5. The normalized spacial score (nSPS) is 15.7. The lowest BCUT2D eigenvalue weighted by Crippen LogP contribution is -2.39. The molecule has 0 unspecified atom stereocenters. The molecule has 1 aliphatic rings. The number of piperidine rings is 1. The standard InChI is InChI=1S/C19H20BrN5OS/c20-16-1-2-18(21-11-16)22-19(26)14-3-7-24(8-4-14)13-25-9-5-17(23-25)15-6-10-27-12-15/h1-2,5-6,9-12,14H,3-4,7-8,13H2,(H,21,22,26). The molecule has 8 heteroatoms. The van der Waals surface area contributed by atoms with Gasteiger partial charge in [0, 0.05) is 46.8 Å². The van der Waals surface area contributed by atoms with Crippen LogP contribution >= 0.6 is 27.3 Å². The third-order valence-electron chi connectivity index (χ3n) is 4.74. The first kappa shape index (κ1) is 18.3. The zero-order valence-electron chi connectivity index (χ0n) is 14.7. The lowest BCUT2D eigenvalue weighted by atomic mass is 9.96. The quantitative estimate of drug-likeness (QED) is 0.642. The summed E-state index contributed by atoms with van der Waals surface area (Å²) in [6, 6.07) is 7.81. The third kappa shape index (κ3) is 4.63. The Balaban J connectivity index is 1.27. The lowest BCUT2D eigenvalue weighted by molar-refractivity contribution is -0.121. The van der Waals surface area contributed by atoms with E-state index in [4.69, 9.17) is 0 Å². The number of aromatic nitrogens is 3. The van der Waals surface area contributed by atoms with E-state index < -0.39 is 0 Å². The fraction of sp³-hybridized carbons (Fsp3) is 0.316. The summed E-state index contributed by atoms with van der Waals surface area (Å²) in [4.78, 5) is 19.0. The molecule has 3 aromatic heterocycles. The Morgan fingerprint density at radius 3 is 2.81 bits per heavy atom. The van der Waals surface area contributed by atoms with Crippen LogP contribution in [0.4, 0.5) is 5.82 Å². The van der Waals surface area contributed by atoms with Gasteiger partial charge in [-0.25, -0.2) is 4.98 Å². The molecule has 1 fully saturated rings. The summed E-state index contributed by atoms with van der Waals surface area (Å²) in [5.74, 6) is 0.692. The van der Waals surface area contributed by atoms with Gasteiger partial charge in [-0.3, -0.25) is 14.4 Å². The van der Waals surface area contributed by atoms with Gasteiger partial charge in [0.2, 0.25) is 5.91 Å². The van der Waals surface area contributed by atoms with Crippen molar-refractivity contribution in [3.05, 3.63) is 51.9 Å². The van der Waals surface area contributed by atoms with E-state index in [9.17, 15) is 4.79 Å². The predicted molar refractivity (Wildman–Crippen MR) is 110 cm³/mol. The molecule has 0 spiro atoms. The third-order valence-corrected chi connectivity index (χ3v) is 5.89. The summed E-state index contributed by atoms with van der Waals surface area (Å²) in [5.41, 5.74) is 2.17. The predicted octanol–water partition coefficient (Wildman–Crippen LogP) is 4.08. The van der Waals surface area contributed by atoms with Crippen molar-refractivity contribution in [2.75, 3.05) is 18.4 Å². The molecule has 0 atom stereocenters. The van der Waals surface area contributed by atoms with Crippen molar-refractivity contribution < 1.29 is 4.79 Å². The highest BCUT2D eigenvalue weighted by Gasteiger charge is 2.25. The first-order valence-corrected chi connectivity index (χ1v) is 10.6. The minimum absolute atomic E-state index is 0.0330. The van der Waals surface area contributed by atoms with E-state index >= 15 is 0 Å². The van der Waals surface area contributed by atoms with Gasteiger partial charge in [0.05, 0.1) is 12.4 Å². The highest BCUT2D eigenvalue weighted by molar-refractivity contribution is 9.10. The monoisotopic (exact) mass is 445 g/mol. The van der Waals surface area contributed by atoms with Gasteiger partial charge in [0.15, 0.2) is 0 Å². The largest absolute Gasteiger partial charge is 0.310 e. The zero-order chi connectivity index (χ0) is 18.6. The molecular weight excluding hydrogens is 426 g/mol. The summed E-state index contributed by atoms with van der Waals surface area (Å²) in [6.45, 7) is 2.53. The van der Waals surface area contributed by atoms with Crippen LogP contribution in [0.2, 0.25) is 0 Å². The molecular formula is C19H20BrN5OS.